The normalized spacial score (nSPS) is 23.4. The second-order valence-electron chi connectivity index (χ2n) is 6.27. The SMILES string of the molecule is COc1cccc(C(=O)N2CCC[C@H]2C(=O)N2CCCC2C=O)c1. The molecule has 0 aromatic heterocycles. The number of carbonyl (C=O) groups is 3. The number of benzene rings is 1. The summed E-state index contributed by atoms with van der Waals surface area (Å²) in [4.78, 5) is 40.1. The number of ether oxygens (including phenoxy) is 1. The summed E-state index contributed by atoms with van der Waals surface area (Å²) in [6.45, 7) is 1.16. The summed E-state index contributed by atoms with van der Waals surface area (Å²) in [5.74, 6) is 0.355. The van der Waals surface area contributed by atoms with Gasteiger partial charge in [0.25, 0.3) is 5.91 Å². The molecule has 3 rings (SSSR count). The van der Waals surface area contributed by atoms with Crippen LogP contribution in [0.1, 0.15) is 36.0 Å². The van der Waals surface area contributed by atoms with E-state index >= 15 is 0 Å². The van der Waals surface area contributed by atoms with E-state index in [2.05, 4.69) is 0 Å². The minimum absolute atomic E-state index is 0.0988. The minimum Gasteiger partial charge on any atom is -0.497 e. The van der Waals surface area contributed by atoms with Crippen LogP contribution in [0.2, 0.25) is 0 Å². The number of amides is 2. The Balaban J connectivity index is 1.78. The molecule has 0 N–H and O–H groups in total. The van der Waals surface area contributed by atoms with Gasteiger partial charge in [-0.3, -0.25) is 9.59 Å². The van der Waals surface area contributed by atoms with Crippen LogP contribution in [0.15, 0.2) is 24.3 Å². The first-order valence-corrected chi connectivity index (χ1v) is 8.36. The molecule has 2 fully saturated rings. The fourth-order valence-electron chi connectivity index (χ4n) is 3.59. The quantitative estimate of drug-likeness (QED) is 0.785. The van der Waals surface area contributed by atoms with Crippen molar-refractivity contribution < 1.29 is 19.1 Å². The molecule has 2 heterocycles. The lowest BCUT2D eigenvalue weighted by Gasteiger charge is -2.29. The Labute approximate surface area is 141 Å². The highest BCUT2D eigenvalue weighted by molar-refractivity contribution is 5.98. The number of nitrogens with zero attached hydrogens (tertiary/aromatic N) is 2. The van der Waals surface area contributed by atoms with Crippen LogP contribution in [-0.4, -0.2) is 60.2 Å². The molecule has 0 bridgehead atoms. The summed E-state index contributed by atoms with van der Waals surface area (Å²) in [6, 6.07) is 6.15. The lowest BCUT2D eigenvalue weighted by atomic mass is 10.1. The van der Waals surface area contributed by atoms with E-state index in [1.54, 1.807) is 41.2 Å². The monoisotopic (exact) mass is 330 g/mol. The Morgan fingerprint density at radius 3 is 2.67 bits per heavy atom. The molecule has 0 saturated carbocycles. The van der Waals surface area contributed by atoms with Gasteiger partial charge in [-0.1, -0.05) is 6.07 Å². The van der Waals surface area contributed by atoms with Crippen LogP contribution in [0.4, 0.5) is 0 Å². The first-order chi connectivity index (χ1) is 11.7. The van der Waals surface area contributed by atoms with Gasteiger partial charge < -0.3 is 19.3 Å². The molecule has 0 spiro atoms. The maximum absolute atomic E-state index is 12.8. The molecule has 2 aliphatic heterocycles. The topological polar surface area (TPSA) is 66.9 Å². The van der Waals surface area contributed by atoms with Gasteiger partial charge in [-0.2, -0.15) is 0 Å². The van der Waals surface area contributed by atoms with Gasteiger partial charge in [0.2, 0.25) is 5.91 Å². The molecule has 2 amide bonds. The number of likely N-dealkylation sites (tertiary alicyclic amines) is 2. The van der Waals surface area contributed by atoms with Crippen LogP contribution >= 0.6 is 0 Å². The Morgan fingerprint density at radius 1 is 1.17 bits per heavy atom. The molecule has 0 radical (unpaired) electrons. The van der Waals surface area contributed by atoms with E-state index in [1.165, 1.54) is 0 Å². The van der Waals surface area contributed by atoms with Crippen LogP contribution in [0.25, 0.3) is 0 Å². The number of rotatable bonds is 4. The molecule has 6 heteroatoms. The van der Waals surface area contributed by atoms with Crippen molar-refractivity contribution >= 4 is 18.1 Å². The Bertz CT molecular complexity index is 646. The largest absolute Gasteiger partial charge is 0.497 e. The number of carbonyl (C=O) groups excluding carboxylic acids is 3. The van der Waals surface area contributed by atoms with Crippen LogP contribution < -0.4 is 4.74 Å². The highest BCUT2D eigenvalue weighted by atomic mass is 16.5. The van der Waals surface area contributed by atoms with E-state index in [0.717, 1.165) is 19.1 Å². The molecule has 24 heavy (non-hydrogen) atoms. The maximum Gasteiger partial charge on any atom is 0.254 e. The van der Waals surface area contributed by atoms with E-state index in [4.69, 9.17) is 4.74 Å². The molecule has 2 atom stereocenters. The van der Waals surface area contributed by atoms with Gasteiger partial charge in [0, 0.05) is 18.7 Å². The average molecular weight is 330 g/mol. The van der Waals surface area contributed by atoms with Crippen molar-refractivity contribution in [3.63, 3.8) is 0 Å². The van der Waals surface area contributed by atoms with Crippen molar-refractivity contribution in [1.29, 1.82) is 0 Å². The van der Waals surface area contributed by atoms with Crippen molar-refractivity contribution in [2.24, 2.45) is 0 Å². The molecule has 2 aliphatic rings. The summed E-state index contributed by atoms with van der Waals surface area (Å²) in [5.41, 5.74) is 0.516. The molecular weight excluding hydrogens is 308 g/mol. The molecule has 1 aromatic rings. The number of hydrogen-bond donors (Lipinski definition) is 0. The standard InChI is InChI=1S/C18H22N2O4/c1-24-15-7-2-5-13(11-15)17(22)20-10-4-8-16(20)18(23)19-9-3-6-14(19)12-21/h2,5,7,11-12,14,16H,3-4,6,8-10H2,1H3/t14?,16-/m0/s1. The van der Waals surface area contributed by atoms with E-state index in [9.17, 15) is 14.4 Å². The third-order valence-electron chi connectivity index (χ3n) is 4.85. The second-order valence-corrected chi connectivity index (χ2v) is 6.27. The van der Waals surface area contributed by atoms with Gasteiger partial charge >= 0.3 is 0 Å². The van der Waals surface area contributed by atoms with E-state index in [-0.39, 0.29) is 17.9 Å². The zero-order valence-electron chi connectivity index (χ0n) is 13.8. The van der Waals surface area contributed by atoms with Crippen molar-refractivity contribution in [2.75, 3.05) is 20.2 Å². The molecule has 2 saturated heterocycles. The van der Waals surface area contributed by atoms with Gasteiger partial charge in [-0.15, -0.1) is 0 Å². The minimum atomic E-state index is -0.468. The fraction of sp³-hybridized carbons (Fsp3) is 0.500. The van der Waals surface area contributed by atoms with Gasteiger partial charge in [0.1, 0.15) is 18.1 Å². The fourth-order valence-corrected chi connectivity index (χ4v) is 3.59. The Kier molecular flexibility index (Phi) is 4.83. The van der Waals surface area contributed by atoms with Crippen LogP contribution in [-0.2, 0) is 9.59 Å². The van der Waals surface area contributed by atoms with E-state index in [1.807, 2.05) is 0 Å². The zero-order valence-corrected chi connectivity index (χ0v) is 13.8. The van der Waals surface area contributed by atoms with Crippen LogP contribution in [0.5, 0.6) is 5.75 Å². The number of methoxy groups -OCH3 is 1. The number of hydrogen-bond acceptors (Lipinski definition) is 4. The molecule has 128 valence electrons. The van der Waals surface area contributed by atoms with Crippen molar-refractivity contribution in [3.05, 3.63) is 29.8 Å². The summed E-state index contributed by atoms with van der Waals surface area (Å²) < 4.78 is 5.17. The predicted octanol–water partition coefficient (Wildman–Crippen LogP) is 1.49. The lowest BCUT2D eigenvalue weighted by Crippen LogP contribution is -2.49. The third kappa shape index (κ3) is 3.00. The molecule has 6 nitrogen and oxygen atoms in total. The van der Waals surface area contributed by atoms with Gasteiger partial charge in [-0.05, 0) is 43.9 Å². The Hall–Kier alpha value is -2.37. The molecular formula is C18H22N2O4. The third-order valence-corrected chi connectivity index (χ3v) is 4.85. The smallest absolute Gasteiger partial charge is 0.254 e. The summed E-state index contributed by atoms with van der Waals surface area (Å²) in [7, 11) is 1.55. The first-order valence-electron chi connectivity index (χ1n) is 8.36. The first kappa shape index (κ1) is 16.5. The maximum atomic E-state index is 12.8. The predicted molar refractivity (Wildman–Crippen MR) is 87.9 cm³/mol. The van der Waals surface area contributed by atoms with Crippen LogP contribution in [0.3, 0.4) is 0 Å². The van der Waals surface area contributed by atoms with Gasteiger partial charge in [0.05, 0.1) is 13.2 Å². The zero-order chi connectivity index (χ0) is 17.1. The van der Waals surface area contributed by atoms with Gasteiger partial charge in [0.15, 0.2) is 0 Å². The summed E-state index contributed by atoms with van der Waals surface area (Å²) >= 11 is 0. The van der Waals surface area contributed by atoms with Gasteiger partial charge in [-0.25, -0.2) is 0 Å². The van der Waals surface area contributed by atoms with E-state index < -0.39 is 6.04 Å². The van der Waals surface area contributed by atoms with Crippen molar-refractivity contribution in [1.82, 2.24) is 9.80 Å². The van der Waals surface area contributed by atoms with Crippen LogP contribution in [0, 0.1) is 0 Å². The molecule has 1 unspecified atom stereocenters. The highest BCUT2D eigenvalue weighted by Gasteiger charge is 2.40. The lowest BCUT2D eigenvalue weighted by molar-refractivity contribution is -0.138. The van der Waals surface area contributed by atoms with Crippen molar-refractivity contribution in [3.8, 4) is 5.75 Å². The molecule has 0 aliphatic carbocycles. The Morgan fingerprint density at radius 2 is 1.92 bits per heavy atom. The number of aldehydes is 1. The highest BCUT2D eigenvalue weighted by Crippen LogP contribution is 2.26. The summed E-state index contributed by atoms with van der Waals surface area (Å²) in [6.07, 6.45) is 3.84. The average Bonchev–Trinajstić information content (AvgIpc) is 3.29. The summed E-state index contributed by atoms with van der Waals surface area (Å²) in [5, 5.41) is 0. The van der Waals surface area contributed by atoms with Crippen molar-refractivity contribution in [2.45, 2.75) is 37.8 Å². The van der Waals surface area contributed by atoms with E-state index in [0.29, 0.717) is 37.2 Å². The second kappa shape index (κ2) is 7.03. The molecule has 1 aromatic carbocycles.